The average molecular weight is 479 g/mol. The molecular formula is C25H32Cl2N2O3. The number of nitrogens with zero attached hydrogens (tertiary/aromatic N) is 1. The average Bonchev–Trinajstić information content (AvgIpc) is 2.76. The lowest BCUT2D eigenvalue weighted by atomic mass is 10.1. The van der Waals surface area contributed by atoms with Gasteiger partial charge in [-0.15, -0.1) is 0 Å². The number of hydrogen-bond donors (Lipinski definition) is 1. The molecule has 32 heavy (non-hydrogen) atoms. The number of hydrogen-bond acceptors (Lipinski definition) is 3. The van der Waals surface area contributed by atoms with E-state index in [1.54, 1.807) is 18.2 Å². The number of rotatable bonds is 11. The van der Waals surface area contributed by atoms with Gasteiger partial charge in [-0.2, -0.15) is 0 Å². The highest BCUT2D eigenvalue weighted by atomic mass is 35.5. The number of carbonyl (C=O) groups excluding carboxylic acids is 2. The molecule has 2 aromatic rings. The molecule has 0 saturated heterocycles. The summed E-state index contributed by atoms with van der Waals surface area (Å²) in [6.45, 7) is 8.44. The summed E-state index contributed by atoms with van der Waals surface area (Å²) in [4.78, 5) is 27.7. The molecule has 0 heterocycles. The Morgan fingerprint density at radius 2 is 1.75 bits per heavy atom. The van der Waals surface area contributed by atoms with Crippen LogP contribution in [-0.2, 0) is 16.1 Å². The molecule has 0 radical (unpaired) electrons. The summed E-state index contributed by atoms with van der Waals surface area (Å²) in [6.07, 6.45) is 2.30. The largest absolute Gasteiger partial charge is 0.484 e. The SMILES string of the molecule is CCCCNC(=O)[C@@H](CC)N(Cc1c(Cl)cccc1Cl)C(=O)COc1ccc(C)c(C)c1. The van der Waals surface area contributed by atoms with Gasteiger partial charge in [0, 0.05) is 28.7 Å². The molecule has 0 unspecified atom stereocenters. The van der Waals surface area contributed by atoms with Gasteiger partial charge in [-0.25, -0.2) is 0 Å². The minimum Gasteiger partial charge on any atom is -0.484 e. The fraction of sp³-hybridized carbons (Fsp3) is 0.440. The van der Waals surface area contributed by atoms with Crippen molar-refractivity contribution in [1.82, 2.24) is 10.2 Å². The Bertz CT molecular complexity index is 913. The molecule has 0 saturated carbocycles. The first-order chi connectivity index (χ1) is 15.3. The van der Waals surface area contributed by atoms with E-state index in [1.165, 1.54) is 4.90 Å². The number of carbonyl (C=O) groups is 2. The van der Waals surface area contributed by atoms with Gasteiger partial charge in [0.15, 0.2) is 6.61 Å². The Hall–Kier alpha value is -2.24. The van der Waals surface area contributed by atoms with E-state index in [0.29, 0.717) is 34.3 Å². The Morgan fingerprint density at radius 3 is 2.34 bits per heavy atom. The molecular weight excluding hydrogens is 447 g/mol. The standard InChI is InChI=1S/C25H32Cl2N2O3/c1-5-7-13-28-25(31)23(6-2)29(15-20-21(26)9-8-10-22(20)27)24(30)16-32-19-12-11-17(3)18(4)14-19/h8-12,14,23H,5-7,13,15-16H2,1-4H3,(H,28,31)/t23-/m1/s1. The lowest BCUT2D eigenvalue weighted by Crippen LogP contribution is -2.50. The molecule has 0 spiro atoms. The molecule has 0 aromatic heterocycles. The zero-order valence-corrected chi connectivity index (χ0v) is 20.7. The predicted molar refractivity (Wildman–Crippen MR) is 130 cm³/mol. The van der Waals surface area contributed by atoms with Crippen LogP contribution in [0.5, 0.6) is 5.75 Å². The van der Waals surface area contributed by atoms with Crippen LogP contribution >= 0.6 is 23.2 Å². The molecule has 0 aliphatic heterocycles. The van der Waals surface area contributed by atoms with E-state index in [2.05, 4.69) is 12.2 Å². The topological polar surface area (TPSA) is 58.6 Å². The van der Waals surface area contributed by atoms with Crippen LogP contribution in [0.4, 0.5) is 0 Å². The third kappa shape index (κ3) is 7.14. The van der Waals surface area contributed by atoms with Gasteiger partial charge in [-0.05, 0) is 62.1 Å². The van der Waals surface area contributed by atoms with Gasteiger partial charge >= 0.3 is 0 Å². The van der Waals surface area contributed by atoms with Crippen molar-refractivity contribution in [2.45, 2.75) is 59.5 Å². The maximum atomic E-state index is 13.3. The summed E-state index contributed by atoms with van der Waals surface area (Å²) in [7, 11) is 0. The summed E-state index contributed by atoms with van der Waals surface area (Å²) < 4.78 is 5.77. The van der Waals surface area contributed by atoms with E-state index in [-0.39, 0.29) is 25.0 Å². The molecule has 2 amide bonds. The third-order valence-electron chi connectivity index (χ3n) is 5.45. The number of unbranched alkanes of at least 4 members (excludes halogenated alkanes) is 1. The van der Waals surface area contributed by atoms with Crippen molar-refractivity contribution in [2.24, 2.45) is 0 Å². The fourth-order valence-corrected chi connectivity index (χ4v) is 3.83. The van der Waals surface area contributed by atoms with Crippen molar-refractivity contribution in [1.29, 1.82) is 0 Å². The van der Waals surface area contributed by atoms with Gasteiger partial charge in [0.2, 0.25) is 5.91 Å². The summed E-state index contributed by atoms with van der Waals surface area (Å²) in [5.74, 6) is 0.109. The number of ether oxygens (including phenoxy) is 1. The van der Waals surface area contributed by atoms with E-state index in [1.807, 2.05) is 39.0 Å². The molecule has 1 N–H and O–H groups in total. The van der Waals surface area contributed by atoms with Crippen LogP contribution in [0.15, 0.2) is 36.4 Å². The summed E-state index contributed by atoms with van der Waals surface area (Å²) in [5, 5.41) is 3.83. The zero-order chi connectivity index (χ0) is 23.7. The highest BCUT2D eigenvalue weighted by molar-refractivity contribution is 6.36. The van der Waals surface area contributed by atoms with Crippen molar-refractivity contribution >= 4 is 35.0 Å². The first-order valence-corrected chi connectivity index (χ1v) is 11.7. The van der Waals surface area contributed by atoms with Crippen LogP contribution in [0, 0.1) is 13.8 Å². The molecule has 0 bridgehead atoms. The van der Waals surface area contributed by atoms with Gasteiger partial charge < -0.3 is 15.0 Å². The molecule has 174 valence electrons. The van der Waals surface area contributed by atoms with Crippen molar-refractivity contribution in [3.63, 3.8) is 0 Å². The van der Waals surface area contributed by atoms with Crippen LogP contribution in [0.3, 0.4) is 0 Å². The number of nitrogens with one attached hydrogen (secondary N) is 1. The van der Waals surface area contributed by atoms with E-state index >= 15 is 0 Å². The van der Waals surface area contributed by atoms with Crippen LogP contribution in [0.1, 0.15) is 49.8 Å². The minimum atomic E-state index is -0.657. The Morgan fingerprint density at radius 1 is 1.06 bits per heavy atom. The van der Waals surface area contributed by atoms with Crippen LogP contribution in [0.25, 0.3) is 0 Å². The van der Waals surface area contributed by atoms with E-state index in [9.17, 15) is 9.59 Å². The molecule has 0 aliphatic rings. The van der Waals surface area contributed by atoms with Gasteiger partial charge in [-0.1, -0.05) is 55.6 Å². The number of halogens is 2. The maximum absolute atomic E-state index is 13.3. The second-order valence-electron chi connectivity index (χ2n) is 7.83. The van der Waals surface area contributed by atoms with Crippen molar-refractivity contribution in [3.05, 3.63) is 63.1 Å². The first kappa shape index (κ1) is 26.0. The number of benzene rings is 2. The van der Waals surface area contributed by atoms with Crippen molar-refractivity contribution in [3.8, 4) is 5.75 Å². The Kier molecular flexibility index (Phi) is 10.3. The molecule has 2 rings (SSSR count). The molecule has 2 aromatic carbocycles. The molecule has 1 atom stereocenters. The van der Waals surface area contributed by atoms with Gasteiger partial charge in [0.25, 0.3) is 5.91 Å². The molecule has 5 nitrogen and oxygen atoms in total. The highest BCUT2D eigenvalue weighted by Gasteiger charge is 2.30. The van der Waals surface area contributed by atoms with E-state index in [4.69, 9.17) is 27.9 Å². The zero-order valence-electron chi connectivity index (χ0n) is 19.2. The van der Waals surface area contributed by atoms with Gasteiger partial charge in [0.1, 0.15) is 11.8 Å². The first-order valence-electron chi connectivity index (χ1n) is 11.0. The van der Waals surface area contributed by atoms with Crippen LogP contribution in [0.2, 0.25) is 10.0 Å². The van der Waals surface area contributed by atoms with Crippen molar-refractivity contribution in [2.75, 3.05) is 13.2 Å². The Labute approximate surface area is 201 Å². The second-order valence-corrected chi connectivity index (χ2v) is 8.64. The maximum Gasteiger partial charge on any atom is 0.261 e. The van der Waals surface area contributed by atoms with Gasteiger partial charge in [0.05, 0.1) is 0 Å². The third-order valence-corrected chi connectivity index (χ3v) is 6.15. The lowest BCUT2D eigenvalue weighted by Gasteiger charge is -2.31. The monoisotopic (exact) mass is 478 g/mol. The second kappa shape index (κ2) is 12.7. The minimum absolute atomic E-state index is 0.118. The summed E-state index contributed by atoms with van der Waals surface area (Å²) >= 11 is 12.7. The summed E-state index contributed by atoms with van der Waals surface area (Å²) in [6, 6.07) is 10.2. The highest BCUT2D eigenvalue weighted by Crippen LogP contribution is 2.27. The predicted octanol–water partition coefficient (Wildman–Crippen LogP) is 5.71. The van der Waals surface area contributed by atoms with Crippen LogP contribution in [-0.4, -0.2) is 35.9 Å². The van der Waals surface area contributed by atoms with E-state index < -0.39 is 6.04 Å². The molecule has 7 heteroatoms. The van der Waals surface area contributed by atoms with E-state index in [0.717, 1.165) is 24.0 Å². The quantitative estimate of drug-likeness (QED) is 0.420. The smallest absolute Gasteiger partial charge is 0.261 e. The van der Waals surface area contributed by atoms with Crippen molar-refractivity contribution < 1.29 is 14.3 Å². The normalized spacial score (nSPS) is 11.7. The lowest BCUT2D eigenvalue weighted by molar-refractivity contribution is -0.143. The number of aryl methyl sites for hydroxylation is 2. The van der Waals surface area contributed by atoms with Gasteiger partial charge in [-0.3, -0.25) is 9.59 Å². The number of amides is 2. The molecule has 0 fully saturated rings. The van der Waals surface area contributed by atoms with Crippen LogP contribution < -0.4 is 10.1 Å². The fourth-order valence-electron chi connectivity index (χ4n) is 3.31. The molecule has 0 aliphatic carbocycles. The summed E-state index contributed by atoms with van der Waals surface area (Å²) in [5.41, 5.74) is 2.83. The Balaban J connectivity index is 2.25.